The van der Waals surface area contributed by atoms with Gasteiger partial charge in [-0.2, -0.15) is 0 Å². The van der Waals surface area contributed by atoms with Crippen molar-refractivity contribution < 1.29 is 4.42 Å². The first kappa shape index (κ1) is 27.7. The summed E-state index contributed by atoms with van der Waals surface area (Å²) in [7, 11) is 0. The van der Waals surface area contributed by atoms with Gasteiger partial charge in [0.2, 0.25) is 0 Å². The Bertz CT molecular complexity index is 3010. The highest BCUT2D eigenvalue weighted by Gasteiger charge is 2.40. The first-order valence-corrected chi connectivity index (χ1v) is 17.5. The summed E-state index contributed by atoms with van der Waals surface area (Å²) in [5.74, 6) is 0. The van der Waals surface area contributed by atoms with Crippen LogP contribution in [0.5, 0.6) is 0 Å². The van der Waals surface area contributed by atoms with Crippen LogP contribution in [-0.4, -0.2) is 0 Å². The predicted octanol–water partition coefficient (Wildman–Crippen LogP) is 13.8. The Kier molecular flexibility index (Phi) is 5.51. The van der Waals surface area contributed by atoms with Crippen LogP contribution >= 0.6 is 0 Å². The van der Waals surface area contributed by atoms with Gasteiger partial charge < -0.3 is 4.42 Å². The minimum atomic E-state index is -0.219. The van der Waals surface area contributed by atoms with Crippen LogP contribution in [0, 0.1) is 0 Å². The average Bonchev–Trinajstić information content (AvgIpc) is 3.66. The number of furan rings is 1. The lowest BCUT2D eigenvalue weighted by Crippen LogP contribution is -2.15. The first-order chi connectivity index (χ1) is 24.6. The van der Waals surface area contributed by atoms with Crippen molar-refractivity contribution in [1.29, 1.82) is 0 Å². The van der Waals surface area contributed by atoms with E-state index >= 15 is 0 Å². The van der Waals surface area contributed by atoms with Crippen molar-refractivity contribution in [2.75, 3.05) is 0 Å². The van der Waals surface area contributed by atoms with Crippen molar-refractivity contribution >= 4 is 65.0 Å². The molecule has 0 saturated heterocycles. The third-order valence-electron chi connectivity index (χ3n) is 11.4. The first-order valence-electron chi connectivity index (χ1n) is 17.5. The van der Waals surface area contributed by atoms with E-state index in [1.165, 1.54) is 98.4 Å². The Morgan fingerprint density at radius 3 is 1.62 bits per heavy atom. The molecule has 0 atom stereocenters. The van der Waals surface area contributed by atoms with Crippen molar-refractivity contribution in [2.24, 2.45) is 0 Å². The van der Waals surface area contributed by atoms with Crippen LogP contribution in [0.25, 0.3) is 98.4 Å². The molecule has 0 amide bonds. The molecule has 1 nitrogen and oxygen atoms in total. The van der Waals surface area contributed by atoms with Gasteiger partial charge in [-0.05, 0) is 100 Å². The number of hydrogen-bond donors (Lipinski definition) is 0. The van der Waals surface area contributed by atoms with E-state index in [1.807, 2.05) is 0 Å². The van der Waals surface area contributed by atoms with Crippen molar-refractivity contribution in [3.05, 3.63) is 169 Å². The monoisotopic (exact) mass is 636 g/mol. The van der Waals surface area contributed by atoms with Crippen LogP contribution in [0.2, 0.25) is 0 Å². The summed E-state index contributed by atoms with van der Waals surface area (Å²) in [4.78, 5) is 0. The minimum Gasteiger partial charge on any atom is -0.455 e. The van der Waals surface area contributed by atoms with Crippen molar-refractivity contribution in [2.45, 2.75) is 19.3 Å². The van der Waals surface area contributed by atoms with Gasteiger partial charge in [-0.15, -0.1) is 0 Å². The number of benzene rings is 9. The molecule has 1 heteroatoms. The quantitative estimate of drug-likeness (QED) is 0.172. The van der Waals surface area contributed by atoms with E-state index in [2.05, 4.69) is 172 Å². The summed E-state index contributed by atoms with van der Waals surface area (Å²) < 4.78 is 6.63. The Balaban J connectivity index is 1.21. The van der Waals surface area contributed by atoms with E-state index in [9.17, 15) is 0 Å². The minimum absolute atomic E-state index is 0.219. The van der Waals surface area contributed by atoms with E-state index in [0.717, 1.165) is 11.2 Å². The molecule has 0 bridgehead atoms. The normalized spacial score (nSPS) is 13.6. The van der Waals surface area contributed by atoms with Crippen molar-refractivity contribution in [3.63, 3.8) is 0 Å². The second-order valence-electron chi connectivity index (χ2n) is 14.4. The zero-order valence-corrected chi connectivity index (χ0v) is 27.9. The number of fused-ring (bicyclic) bond motifs is 13. The molecule has 10 aromatic rings. The molecule has 50 heavy (non-hydrogen) atoms. The van der Waals surface area contributed by atoms with Crippen molar-refractivity contribution in [3.8, 4) is 33.4 Å². The van der Waals surface area contributed by atoms with Crippen LogP contribution in [-0.2, 0) is 5.41 Å². The van der Waals surface area contributed by atoms with Crippen LogP contribution in [0.1, 0.15) is 25.0 Å². The van der Waals surface area contributed by atoms with Gasteiger partial charge in [0.05, 0.1) is 0 Å². The van der Waals surface area contributed by atoms with Gasteiger partial charge in [0.1, 0.15) is 11.2 Å². The SMILES string of the molecule is CC1(C)c2cc(-c3c4ccccc4c(-c4ccc5ccccc5c4)c4ccccc34)ccc2-c2c1c1ccccc1c1oc3ccccc3c21. The molecule has 1 aliphatic carbocycles. The van der Waals surface area contributed by atoms with Gasteiger partial charge in [0, 0.05) is 21.6 Å². The van der Waals surface area contributed by atoms with Crippen molar-refractivity contribution in [1.82, 2.24) is 0 Å². The van der Waals surface area contributed by atoms with Gasteiger partial charge in [0.15, 0.2) is 0 Å². The summed E-state index contributed by atoms with van der Waals surface area (Å²) in [6.45, 7) is 4.81. The van der Waals surface area contributed by atoms with Gasteiger partial charge >= 0.3 is 0 Å². The maximum Gasteiger partial charge on any atom is 0.143 e. The maximum atomic E-state index is 6.63. The summed E-state index contributed by atoms with van der Waals surface area (Å²) in [5.41, 5.74) is 12.1. The molecular weight excluding hydrogens is 605 g/mol. The Morgan fingerprint density at radius 1 is 0.420 bits per heavy atom. The van der Waals surface area contributed by atoms with E-state index < -0.39 is 0 Å². The summed E-state index contributed by atoms with van der Waals surface area (Å²) in [6.07, 6.45) is 0. The lowest BCUT2D eigenvalue weighted by atomic mass is 9.78. The number of rotatable bonds is 2. The highest BCUT2D eigenvalue weighted by molar-refractivity contribution is 6.25. The molecule has 0 N–H and O–H groups in total. The van der Waals surface area contributed by atoms with E-state index in [1.54, 1.807) is 0 Å². The molecule has 1 aromatic heterocycles. The standard InChI is InChI=1S/C49H32O/c1-49(2)41-28-32(25-26-39(41)45-46-40-21-11-12-22-42(40)50-48(46)38-20-10-9-19-37(38)47(45)49)44-35-17-7-5-15-33(35)43(34-16-6-8-18-36(34)44)31-24-23-29-13-3-4-14-30(29)27-31/h3-28H,1-2H3. The average molecular weight is 637 g/mol. The van der Waals surface area contributed by atoms with Gasteiger partial charge in [-0.1, -0.05) is 153 Å². The molecule has 0 fully saturated rings. The lowest BCUT2D eigenvalue weighted by Gasteiger charge is -2.24. The van der Waals surface area contributed by atoms with Crippen LogP contribution < -0.4 is 0 Å². The molecular formula is C49H32O. The number of hydrogen-bond acceptors (Lipinski definition) is 1. The van der Waals surface area contributed by atoms with Gasteiger partial charge in [0.25, 0.3) is 0 Å². The maximum absolute atomic E-state index is 6.63. The zero-order valence-electron chi connectivity index (χ0n) is 27.9. The molecule has 234 valence electrons. The second kappa shape index (κ2) is 9.94. The topological polar surface area (TPSA) is 13.1 Å². The highest BCUT2D eigenvalue weighted by atomic mass is 16.3. The Morgan fingerprint density at radius 2 is 0.940 bits per heavy atom. The predicted molar refractivity (Wildman–Crippen MR) is 212 cm³/mol. The van der Waals surface area contributed by atoms with E-state index in [4.69, 9.17) is 4.42 Å². The molecule has 9 aromatic carbocycles. The van der Waals surface area contributed by atoms with Gasteiger partial charge in [-0.3, -0.25) is 0 Å². The Hall–Kier alpha value is -6.18. The fraction of sp³-hybridized carbons (Fsp3) is 0.0612. The summed E-state index contributed by atoms with van der Waals surface area (Å²) in [6, 6.07) is 58.0. The summed E-state index contributed by atoms with van der Waals surface area (Å²) in [5, 5.41) is 12.5. The summed E-state index contributed by atoms with van der Waals surface area (Å²) >= 11 is 0. The third kappa shape index (κ3) is 3.62. The van der Waals surface area contributed by atoms with Crippen LogP contribution in [0.15, 0.2) is 162 Å². The molecule has 0 unspecified atom stereocenters. The molecule has 1 aliphatic rings. The van der Waals surface area contributed by atoms with Gasteiger partial charge in [-0.25, -0.2) is 0 Å². The molecule has 0 saturated carbocycles. The highest BCUT2D eigenvalue weighted by Crippen LogP contribution is 2.57. The fourth-order valence-electron chi connectivity index (χ4n) is 9.23. The molecule has 0 radical (unpaired) electrons. The van der Waals surface area contributed by atoms with Crippen LogP contribution in [0.3, 0.4) is 0 Å². The molecule has 1 heterocycles. The largest absolute Gasteiger partial charge is 0.455 e. The second-order valence-corrected chi connectivity index (χ2v) is 14.4. The third-order valence-corrected chi connectivity index (χ3v) is 11.4. The van der Waals surface area contributed by atoms with E-state index in [0.29, 0.717) is 0 Å². The number of para-hydroxylation sites is 1. The molecule has 0 aliphatic heterocycles. The lowest BCUT2D eigenvalue weighted by molar-refractivity contribution is 0.664. The molecule has 0 spiro atoms. The van der Waals surface area contributed by atoms with Crippen LogP contribution in [0.4, 0.5) is 0 Å². The smallest absolute Gasteiger partial charge is 0.143 e. The van der Waals surface area contributed by atoms with E-state index in [-0.39, 0.29) is 5.41 Å². The zero-order chi connectivity index (χ0) is 33.1. The fourth-order valence-corrected chi connectivity index (χ4v) is 9.23. The Labute approximate surface area is 290 Å². The molecule has 11 rings (SSSR count).